The number of rotatable bonds is 71. The minimum Gasteiger partial charge on any atom is -0.545 e. The molecule has 0 bridgehead atoms. The Morgan fingerprint density at radius 3 is 0.955 bits per heavy atom. The molecule has 0 saturated carbocycles. The molecule has 518 valence electrons. The number of esters is 2. The Bertz CT molecular complexity index is 1690. The van der Waals surface area contributed by atoms with Gasteiger partial charge in [-0.15, -0.1) is 0 Å². The van der Waals surface area contributed by atoms with E-state index in [0.29, 0.717) is 23.9 Å². The molecule has 0 spiro atoms. The summed E-state index contributed by atoms with van der Waals surface area (Å²) in [5.74, 6) is -2.26. The number of ether oxygens (including phenoxy) is 4. The highest BCUT2D eigenvalue weighted by Crippen LogP contribution is 2.19. The molecule has 0 radical (unpaired) electrons. The van der Waals surface area contributed by atoms with Gasteiger partial charge >= 0.3 is 11.9 Å². The summed E-state index contributed by atoms with van der Waals surface area (Å²) >= 11 is 0. The Labute approximate surface area is 551 Å². The Balaban J connectivity index is 3.99. The molecule has 0 aromatic rings. The van der Waals surface area contributed by atoms with Crippen LogP contribution in [0.1, 0.15) is 361 Å². The minimum atomic E-state index is -1.62. The first-order valence-corrected chi connectivity index (χ1v) is 38.1. The van der Waals surface area contributed by atoms with E-state index >= 15 is 0 Å². The zero-order valence-corrected chi connectivity index (χ0v) is 59.3. The van der Waals surface area contributed by atoms with Crippen LogP contribution in [-0.4, -0.2) is 82.3 Å². The highest BCUT2D eigenvalue weighted by atomic mass is 16.7. The van der Waals surface area contributed by atoms with E-state index in [-0.39, 0.29) is 32.2 Å². The molecule has 9 nitrogen and oxygen atoms in total. The van der Waals surface area contributed by atoms with E-state index in [2.05, 4.69) is 86.8 Å². The number of carboxylic acids is 1. The van der Waals surface area contributed by atoms with Gasteiger partial charge in [-0.1, -0.05) is 337 Å². The number of carbonyl (C=O) groups excluding carboxylic acids is 3. The second-order valence-electron chi connectivity index (χ2n) is 26.9. The number of aliphatic carboxylic acids is 1. The standard InChI is InChI=1S/C80H145NO8/c1-6-8-10-12-14-16-18-20-22-24-26-28-30-32-34-35-36-37-38-39-40-41-42-43-45-46-48-50-52-54-56-58-60-62-64-66-68-70-77(82)87-74-76(75-88-80(79(84)85)86-73-72-81(3,4)5)89-78(83)71-69-67-65-63-61-59-57-55-53-51-49-47-44-33-31-29-27-25-23-21-19-17-15-13-11-9-7-2/h9,11,15,17-18,20-21,23-24,26-27,29,76,80H,6-8,10,12-14,16,19,22,25,28,30-75H2,1-5H3/b11-9-,17-15-,20-18-,23-21-,26-24-,29-27-. The van der Waals surface area contributed by atoms with Crippen LogP contribution >= 0.6 is 0 Å². The molecule has 0 aliphatic carbocycles. The van der Waals surface area contributed by atoms with E-state index in [1.54, 1.807) is 0 Å². The molecule has 0 rings (SSSR count). The SMILES string of the molecule is CC/C=C\C/C=C\C/C=C\C/C=C\CCCCCCCCCCCCCCCCC(=O)OC(COC(=O)CCCCCCCCCCCCCCCCCCCCCCCCCCC/C=C\C/C=C\CCCCCCC)COC(OCC[N+](C)(C)C)C(=O)[O-]. The molecular formula is C80H145NO8. The molecule has 2 atom stereocenters. The largest absolute Gasteiger partial charge is 0.545 e. The van der Waals surface area contributed by atoms with Gasteiger partial charge < -0.3 is 33.3 Å². The van der Waals surface area contributed by atoms with Crippen molar-refractivity contribution in [1.82, 2.24) is 0 Å². The molecule has 0 aromatic heterocycles. The van der Waals surface area contributed by atoms with Crippen LogP contribution in [-0.2, 0) is 33.3 Å². The third kappa shape index (κ3) is 72.0. The quantitative estimate of drug-likeness (QED) is 0.0195. The fraction of sp³-hybridized carbons (Fsp3) is 0.812. The van der Waals surface area contributed by atoms with Crippen LogP contribution in [0.15, 0.2) is 72.9 Å². The lowest BCUT2D eigenvalue weighted by Crippen LogP contribution is -2.44. The van der Waals surface area contributed by atoms with Crippen LogP contribution in [0.2, 0.25) is 0 Å². The fourth-order valence-corrected chi connectivity index (χ4v) is 11.2. The third-order valence-corrected chi connectivity index (χ3v) is 16.9. The molecule has 0 N–H and O–H groups in total. The maximum absolute atomic E-state index is 12.9. The van der Waals surface area contributed by atoms with Crippen molar-refractivity contribution in [2.45, 2.75) is 373 Å². The Hall–Kier alpha value is -3.27. The normalized spacial score (nSPS) is 13.0. The molecule has 0 heterocycles. The van der Waals surface area contributed by atoms with Gasteiger partial charge in [0.25, 0.3) is 0 Å². The highest BCUT2D eigenvalue weighted by molar-refractivity contribution is 5.70. The number of carbonyl (C=O) groups is 3. The van der Waals surface area contributed by atoms with Gasteiger partial charge in [0.05, 0.1) is 40.3 Å². The Morgan fingerprint density at radius 1 is 0.348 bits per heavy atom. The Kier molecular flexibility index (Phi) is 68.0. The van der Waals surface area contributed by atoms with E-state index in [1.165, 1.54) is 257 Å². The lowest BCUT2D eigenvalue weighted by molar-refractivity contribution is -0.870. The first-order valence-electron chi connectivity index (χ1n) is 38.1. The molecule has 9 heteroatoms. The molecule has 0 aliphatic heterocycles. The molecular weight excluding hydrogens is 1100 g/mol. The molecule has 0 saturated heterocycles. The van der Waals surface area contributed by atoms with E-state index in [1.807, 2.05) is 21.1 Å². The van der Waals surface area contributed by atoms with Crippen LogP contribution in [0.3, 0.4) is 0 Å². The summed E-state index contributed by atoms with van der Waals surface area (Å²) < 4.78 is 22.8. The topological polar surface area (TPSA) is 111 Å². The van der Waals surface area contributed by atoms with E-state index < -0.39 is 24.3 Å². The average molecular weight is 1250 g/mol. The number of likely N-dealkylation sites (N-methyl/N-ethyl adjacent to an activating group) is 1. The predicted molar refractivity (Wildman–Crippen MR) is 380 cm³/mol. The smallest absolute Gasteiger partial charge is 0.306 e. The highest BCUT2D eigenvalue weighted by Gasteiger charge is 2.22. The number of carboxylic acid groups (broad SMARTS) is 1. The van der Waals surface area contributed by atoms with Crippen LogP contribution in [0.4, 0.5) is 0 Å². The monoisotopic (exact) mass is 1250 g/mol. The number of nitrogens with zero attached hydrogens (tertiary/aromatic N) is 1. The van der Waals surface area contributed by atoms with E-state index in [4.69, 9.17) is 18.9 Å². The zero-order valence-electron chi connectivity index (χ0n) is 59.3. The fourth-order valence-electron chi connectivity index (χ4n) is 11.2. The average Bonchev–Trinajstić information content (AvgIpc) is 3.64. The molecule has 0 amide bonds. The summed E-state index contributed by atoms with van der Waals surface area (Å²) in [5, 5.41) is 11.8. The zero-order chi connectivity index (χ0) is 64.7. The molecule has 0 fully saturated rings. The number of hydrogen-bond acceptors (Lipinski definition) is 8. The summed E-state index contributed by atoms with van der Waals surface area (Å²) in [6.45, 7) is 4.68. The van der Waals surface area contributed by atoms with Crippen molar-refractivity contribution in [3.05, 3.63) is 72.9 Å². The number of allylic oxidation sites excluding steroid dienone is 12. The van der Waals surface area contributed by atoms with Gasteiger partial charge in [-0.2, -0.15) is 0 Å². The van der Waals surface area contributed by atoms with Crippen LogP contribution in [0.5, 0.6) is 0 Å². The van der Waals surface area contributed by atoms with Crippen LogP contribution in [0.25, 0.3) is 0 Å². The number of unbranched alkanes of at least 4 members (excludes halogenated alkanes) is 44. The molecule has 0 aromatic carbocycles. The molecule has 0 aliphatic rings. The Morgan fingerprint density at radius 2 is 0.640 bits per heavy atom. The first-order chi connectivity index (χ1) is 43.6. The van der Waals surface area contributed by atoms with Crippen molar-refractivity contribution in [1.29, 1.82) is 0 Å². The lowest BCUT2D eigenvalue weighted by atomic mass is 10.0. The lowest BCUT2D eigenvalue weighted by Gasteiger charge is -2.26. The summed E-state index contributed by atoms with van der Waals surface area (Å²) in [6, 6.07) is 0. The van der Waals surface area contributed by atoms with Crippen LogP contribution in [0, 0.1) is 0 Å². The minimum absolute atomic E-state index is 0.148. The van der Waals surface area contributed by atoms with E-state index in [9.17, 15) is 19.5 Å². The summed E-state index contributed by atoms with van der Waals surface area (Å²) in [5.41, 5.74) is 0. The van der Waals surface area contributed by atoms with Crippen molar-refractivity contribution >= 4 is 17.9 Å². The summed E-state index contributed by atoms with van der Waals surface area (Å²) in [6.07, 6.45) is 91.6. The molecule has 2 unspecified atom stereocenters. The maximum Gasteiger partial charge on any atom is 0.306 e. The van der Waals surface area contributed by atoms with Gasteiger partial charge in [-0.3, -0.25) is 9.59 Å². The van der Waals surface area contributed by atoms with Crippen LogP contribution < -0.4 is 5.11 Å². The van der Waals surface area contributed by atoms with Crippen molar-refractivity contribution in [3.63, 3.8) is 0 Å². The van der Waals surface area contributed by atoms with Gasteiger partial charge in [0.1, 0.15) is 13.2 Å². The van der Waals surface area contributed by atoms with Crippen molar-refractivity contribution in [2.75, 3.05) is 47.5 Å². The van der Waals surface area contributed by atoms with Crippen molar-refractivity contribution in [2.24, 2.45) is 0 Å². The predicted octanol–water partition coefficient (Wildman–Crippen LogP) is 22.7. The number of quaternary nitrogens is 1. The maximum atomic E-state index is 12.9. The van der Waals surface area contributed by atoms with Gasteiger partial charge in [-0.25, -0.2) is 0 Å². The second-order valence-corrected chi connectivity index (χ2v) is 26.9. The summed E-state index contributed by atoms with van der Waals surface area (Å²) in [7, 11) is 5.94. The van der Waals surface area contributed by atoms with Gasteiger partial charge in [-0.05, 0) is 83.5 Å². The third-order valence-electron chi connectivity index (χ3n) is 16.9. The van der Waals surface area contributed by atoms with Gasteiger partial charge in [0.15, 0.2) is 12.4 Å². The first kappa shape index (κ1) is 85.7. The number of hydrogen-bond donors (Lipinski definition) is 0. The second kappa shape index (κ2) is 70.6. The van der Waals surface area contributed by atoms with Gasteiger partial charge in [0, 0.05) is 12.8 Å². The van der Waals surface area contributed by atoms with Crippen molar-refractivity contribution in [3.8, 4) is 0 Å². The molecule has 89 heavy (non-hydrogen) atoms. The summed E-state index contributed by atoms with van der Waals surface area (Å²) in [4.78, 5) is 37.6. The van der Waals surface area contributed by atoms with Crippen molar-refractivity contribution < 1.29 is 42.9 Å². The van der Waals surface area contributed by atoms with Gasteiger partial charge in [0.2, 0.25) is 0 Å². The van der Waals surface area contributed by atoms with E-state index in [0.717, 1.165) is 70.6 Å².